The van der Waals surface area contributed by atoms with Gasteiger partial charge in [0.05, 0.1) is 0 Å². The highest BCUT2D eigenvalue weighted by atomic mass is 35.5. The summed E-state index contributed by atoms with van der Waals surface area (Å²) >= 11 is 7.11. The van der Waals surface area contributed by atoms with Gasteiger partial charge in [0.15, 0.2) is 15.2 Å². The van der Waals surface area contributed by atoms with Crippen molar-refractivity contribution in [2.24, 2.45) is 5.92 Å². The highest BCUT2D eigenvalue weighted by Gasteiger charge is 2.27. The van der Waals surface area contributed by atoms with Crippen LogP contribution in [0.15, 0.2) is 0 Å². The van der Waals surface area contributed by atoms with Crippen LogP contribution in [-0.4, -0.2) is 28.6 Å². The Kier molecular flexibility index (Phi) is 4.68. The molecule has 1 heterocycles. The Balaban J connectivity index is 2.26. The number of hydrogen-bond acceptors (Lipinski definition) is 4. The fourth-order valence-corrected chi connectivity index (χ4v) is 3.74. The van der Waals surface area contributed by atoms with Crippen molar-refractivity contribution in [1.29, 1.82) is 0 Å². The van der Waals surface area contributed by atoms with Gasteiger partial charge in [0.25, 0.3) is 0 Å². The van der Waals surface area contributed by atoms with Gasteiger partial charge in [-0.2, -0.15) is 0 Å². The molecule has 1 aromatic rings. The number of carboxylic acids is 1. The van der Waals surface area contributed by atoms with Crippen molar-refractivity contribution < 1.29 is 9.90 Å². The molecule has 1 aromatic heterocycles. The Labute approximate surface area is 122 Å². The third kappa shape index (κ3) is 3.39. The number of rotatable bonds is 5. The highest BCUT2D eigenvalue weighted by molar-refractivity contribution is 7.18. The van der Waals surface area contributed by atoms with Gasteiger partial charge in [0, 0.05) is 12.6 Å². The molecule has 1 aliphatic rings. The quantitative estimate of drug-likeness (QED) is 0.896. The van der Waals surface area contributed by atoms with E-state index >= 15 is 0 Å². The fourth-order valence-electron chi connectivity index (χ4n) is 2.54. The summed E-state index contributed by atoms with van der Waals surface area (Å²) in [4.78, 5) is 17.7. The van der Waals surface area contributed by atoms with Crippen molar-refractivity contribution in [1.82, 2.24) is 4.98 Å². The minimum atomic E-state index is -0.996. The van der Waals surface area contributed by atoms with Gasteiger partial charge in [-0.3, -0.25) is 0 Å². The number of hydrogen-bond donors (Lipinski definition) is 1. The second-order valence-corrected chi connectivity index (χ2v) is 6.74. The average Bonchev–Trinajstić information content (AvgIpc) is 2.94. The smallest absolute Gasteiger partial charge is 0.349 e. The molecule has 1 N–H and O–H groups in total. The van der Waals surface area contributed by atoms with Crippen molar-refractivity contribution in [3.63, 3.8) is 0 Å². The minimum absolute atomic E-state index is 0.110. The maximum atomic E-state index is 11.1. The van der Waals surface area contributed by atoms with E-state index in [1.807, 2.05) is 0 Å². The summed E-state index contributed by atoms with van der Waals surface area (Å²) in [6.07, 6.45) is 4.80. The van der Waals surface area contributed by atoms with Crippen LogP contribution in [0.1, 0.15) is 49.2 Å². The van der Waals surface area contributed by atoms with E-state index in [1.54, 1.807) is 0 Å². The van der Waals surface area contributed by atoms with Crippen LogP contribution in [0.4, 0.5) is 5.13 Å². The number of anilines is 1. The van der Waals surface area contributed by atoms with Gasteiger partial charge >= 0.3 is 5.97 Å². The molecule has 4 nitrogen and oxygen atoms in total. The molecule has 106 valence electrons. The molecule has 0 amide bonds. The van der Waals surface area contributed by atoms with Crippen molar-refractivity contribution in [3.05, 3.63) is 10.0 Å². The van der Waals surface area contributed by atoms with Crippen LogP contribution in [0, 0.1) is 5.92 Å². The van der Waals surface area contributed by atoms with Crippen LogP contribution in [-0.2, 0) is 0 Å². The summed E-state index contributed by atoms with van der Waals surface area (Å²) in [6.45, 7) is 5.22. The van der Waals surface area contributed by atoms with Gasteiger partial charge in [0.1, 0.15) is 0 Å². The fraction of sp³-hybridized carbons (Fsp3) is 0.692. The number of aromatic nitrogens is 1. The normalized spacial score (nSPS) is 16.2. The molecule has 0 atom stereocenters. The topological polar surface area (TPSA) is 53.4 Å². The molecule has 1 aliphatic carbocycles. The lowest BCUT2D eigenvalue weighted by atomic mass is 10.1. The largest absolute Gasteiger partial charge is 0.477 e. The van der Waals surface area contributed by atoms with E-state index in [1.165, 1.54) is 24.2 Å². The van der Waals surface area contributed by atoms with Crippen LogP contribution in [0.2, 0.25) is 5.15 Å². The van der Waals surface area contributed by atoms with Crippen LogP contribution >= 0.6 is 22.9 Å². The van der Waals surface area contributed by atoms with Crippen molar-refractivity contribution in [2.45, 2.75) is 45.6 Å². The first kappa shape index (κ1) is 14.6. The lowest BCUT2D eigenvalue weighted by Crippen LogP contribution is -2.36. The van der Waals surface area contributed by atoms with Gasteiger partial charge in [0.2, 0.25) is 0 Å². The molecule has 0 spiro atoms. The summed E-state index contributed by atoms with van der Waals surface area (Å²) in [6, 6.07) is 0.478. The van der Waals surface area contributed by atoms with E-state index in [0.717, 1.165) is 24.5 Å². The van der Waals surface area contributed by atoms with Gasteiger partial charge in [-0.25, -0.2) is 9.78 Å². The average molecular weight is 303 g/mol. The van der Waals surface area contributed by atoms with Crippen LogP contribution < -0.4 is 4.90 Å². The molecular weight excluding hydrogens is 284 g/mol. The first-order chi connectivity index (χ1) is 8.99. The molecule has 0 saturated heterocycles. The summed E-state index contributed by atoms with van der Waals surface area (Å²) in [7, 11) is 0. The number of thiazole rings is 1. The molecule has 0 bridgehead atoms. The highest BCUT2D eigenvalue weighted by Crippen LogP contribution is 2.35. The zero-order valence-corrected chi connectivity index (χ0v) is 12.8. The first-order valence-corrected chi connectivity index (χ1v) is 7.84. The van der Waals surface area contributed by atoms with Gasteiger partial charge < -0.3 is 10.0 Å². The third-order valence-corrected chi connectivity index (χ3v) is 4.81. The molecule has 0 unspecified atom stereocenters. The lowest BCUT2D eigenvalue weighted by molar-refractivity contribution is 0.0702. The standard InChI is InChI=1S/C13H19ClN2O2S/c1-8(2)7-16(9-5-3-4-6-9)13-15-11(14)10(19-13)12(17)18/h8-9H,3-7H2,1-2H3,(H,17,18). The Hall–Kier alpha value is -0.810. The van der Waals surface area contributed by atoms with E-state index < -0.39 is 5.97 Å². The Morgan fingerprint density at radius 3 is 2.63 bits per heavy atom. The van der Waals surface area contributed by atoms with Gasteiger partial charge in [-0.1, -0.05) is 49.6 Å². The van der Waals surface area contributed by atoms with Crippen LogP contribution in [0.5, 0.6) is 0 Å². The first-order valence-electron chi connectivity index (χ1n) is 6.65. The molecular formula is C13H19ClN2O2S. The number of aromatic carboxylic acids is 1. The Morgan fingerprint density at radius 2 is 2.16 bits per heavy atom. The molecule has 2 rings (SSSR count). The zero-order valence-electron chi connectivity index (χ0n) is 11.2. The minimum Gasteiger partial charge on any atom is -0.477 e. The maximum Gasteiger partial charge on any atom is 0.349 e. The monoisotopic (exact) mass is 302 g/mol. The second-order valence-electron chi connectivity index (χ2n) is 5.41. The van der Waals surface area contributed by atoms with Crippen molar-refractivity contribution in [3.8, 4) is 0 Å². The predicted octanol–water partition coefficient (Wildman–Crippen LogP) is 3.90. The van der Waals surface area contributed by atoms with E-state index in [9.17, 15) is 4.79 Å². The maximum absolute atomic E-state index is 11.1. The summed E-state index contributed by atoms with van der Waals surface area (Å²) in [5, 5.41) is 9.94. The Bertz CT molecular complexity index is 455. The molecule has 0 aliphatic heterocycles. The SMILES string of the molecule is CC(C)CN(c1nc(Cl)c(C(=O)O)s1)C1CCCC1. The number of carboxylic acid groups (broad SMARTS) is 1. The van der Waals surface area contributed by atoms with Crippen LogP contribution in [0.3, 0.4) is 0 Å². The second kappa shape index (κ2) is 6.09. The summed E-state index contributed by atoms with van der Waals surface area (Å²) in [5.41, 5.74) is 0. The van der Waals surface area contributed by atoms with Crippen molar-refractivity contribution in [2.75, 3.05) is 11.4 Å². The lowest BCUT2D eigenvalue weighted by Gasteiger charge is -2.30. The van der Waals surface area contributed by atoms with Gasteiger partial charge in [-0.15, -0.1) is 0 Å². The van der Waals surface area contributed by atoms with Crippen molar-refractivity contribution >= 4 is 34.0 Å². The number of halogens is 1. The van der Waals surface area contributed by atoms with E-state index in [2.05, 4.69) is 23.7 Å². The van der Waals surface area contributed by atoms with Gasteiger partial charge in [-0.05, 0) is 18.8 Å². The van der Waals surface area contributed by atoms with E-state index in [-0.39, 0.29) is 10.0 Å². The third-order valence-electron chi connectivity index (χ3n) is 3.34. The Morgan fingerprint density at radius 1 is 1.53 bits per heavy atom. The molecule has 1 saturated carbocycles. The molecule has 19 heavy (non-hydrogen) atoms. The van der Waals surface area contributed by atoms with E-state index in [0.29, 0.717) is 12.0 Å². The molecule has 1 fully saturated rings. The number of carbonyl (C=O) groups is 1. The van der Waals surface area contributed by atoms with Crippen LogP contribution in [0.25, 0.3) is 0 Å². The molecule has 0 radical (unpaired) electrons. The summed E-state index contributed by atoms with van der Waals surface area (Å²) in [5.74, 6) is -0.485. The summed E-state index contributed by atoms with van der Waals surface area (Å²) < 4.78 is 0. The van der Waals surface area contributed by atoms with E-state index in [4.69, 9.17) is 16.7 Å². The zero-order chi connectivity index (χ0) is 14.0. The predicted molar refractivity (Wildman–Crippen MR) is 78.5 cm³/mol. The molecule has 6 heteroatoms. The molecule has 0 aromatic carbocycles. The number of nitrogens with zero attached hydrogens (tertiary/aromatic N) is 2.